The molecule has 0 aliphatic carbocycles. The summed E-state index contributed by atoms with van der Waals surface area (Å²) in [6, 6.07) is 24.3. The predicted octanol–water partition coefficient (Wildman–Crippen LogP) is 5.16. The molecule has 3 aromatic rings. The number of thiol groups is 1. The first-order chi connectivity index (χ1) is 15.1. The molecule has 1 heterocycles. The van der Waals surface area contributed by atoms with Gasteiger partial charge in [0.2, 0.25) is 5.91 Å². The first-order valence-corrected chi connectivity index (χ1v) is 10.4. The third-order valence-corrected chi connectivity index (χ3v) is 5.26. The fraction of sp³-hybridized carbons (Fsp3) is 0.0800. The van der Waals surface area contributed by atoms with Crippen LogP contribution >= 0.6 is 12.6 Å². The summed E-state index contributed by atoms with van der Waals surface area (Å²) < 4.78 is 0. The fourth-order valence-corrected chi connectivity index (χ4v) is 3.46. The van der Waals surface area contributed by atoms with Crippen LogP contribution in [-0.2, 0) is 9.59 Å². The summed E-state index contributed by atoms with van der Waals surface area (Å²) in [7, 11) is 0. The Labute approximate surface area is 186 Å². The van der Waals surface area contributed by atoms with Crippen LogP contribution in [-0.4, -0.2) is 17.6 Å². The molecule has 31 heavy (non-hydrogen) atoms. The van der Waals surface area contributed by atoms with Gasteiger partial charge in [0.1, 0.15) is 11.5 Å². The first kappa shape index (κ1) is 20.6. The number of benzene rings is 3. The molecule has 0 bridgehead atoms. The Morgan fingerprint density at radius 3 is 2.35 bits per heavy atom. The lowest BCUT2D eigenvalue weighted by molar-refractivity contribution is -0.116. The van der Waals surface area contributed by atoms with Gasteiger partial charge in [0.05, 0.1) is 5.69 Å². The van der Waals surface area contributed by atoms with Crippen molar-refractivity contribution in [2.75, 3.05) is 10.2 Å². The molecule has 0 aromatic heterocycles. The molecule has 1 aliphatic rings. The van der Waals surface area contributed by atoms with Crippen LogP contribution in [0.3, 0.4) is 0 Å². The molecule has 0 saturated carbocycles. The van der Waals surface area contributed by atoms with Crippen molar-refractivity contribution in [2.45, 2.75) is 18.2 Å². The molecule has 0 fully saturated rings. The van der Waals surface area contributed by atoms with E-state index in [1.54, 1.807) is 42.2 Å². The van der Waals surface area contributed by atoms with Crippen LogP contribution < -0.4 is 10.2 Å². The van der Waals surface area contributed by atoms with Crippen molar-refractivity contribution in [1.29, 1.82) is 0 Å². The number of nitrogens with zero attached hydrogens (tertiary/aromatic N) is 2. The summed E-state index contributed by atoms with van der Waals surface area (Å²) in [4.78, 5) is 32.0. The van der Waals surface area contributed by atoms with E-state index in [1.807, 2.05) is 54.6 Å². The quantitative estimate of drug-likeness (QED) is 0.437. The van der Waals surface area contributed by atoms with Gasteiger partial charge in [-0.3, -0.25) is 14.5 Å². The third-order valence-electron chi connectivity index (χ3n) is 4.85. The third kappa shape index (κ3) is 4.44. The number of amides is 2. The summed E-state index contributed by atoms with van der Waals surface area (Å²) in [6.07, 6.45) is 2.15. The number of amidine groups is 1. The van der Waals surface area contributed by atoms with Crippen LogP contribution in [0.2, 0.25) is 0 Å². The number of carbonyl (C=O) groups excluding carboxylic acids is 2. The molecule has 1 aliphatic heterocycles. The molecule has 0 unspecified atom stereocenters. The van der Waals surface area contributed by atoms with E-state index in [0.29, 0.717) is 29.3 Å². The van der Waals surface area contributed by atoms with Crippen molar-refractivity contribution < 1.29 is 9.59 Å². The zero-order chi connectivity index (χ0) is 21.8. The van der Waals surface area contributed by atoms with Crippen LogP contribution in [0.4, 0.5) is 11.4 Å². The van der Waals surface area contributed by atoms with Crippen LogP contribution in [0.5, 0.6) is 0 Å². The molecule has 0 saturated heterocycles. The van der Waals surface area contributed by atoms with Crippen molar-refractivity contribution in [1.82, 2.24) is 0 Å². The maximum atomic E-state index is 13.4. The second kappa shape index (κ2) is 9.02. The van der Waals surface area contributed by atoms with Crippen molar-refractivity contribution in [3.05, 3.63) is 95.7 Å². The lowest BCUT2D eigenvalue weighted by Gasteiger charge is -2.19. The van der Waals surface area contributed by atoms with Gasteiger partial charge in [0.15, 0.2) is 0 Å². The van der Waals surface area contributed by atoms with E-state index in [9.17, 15) is 9.59 Å². The molecular weight excluding hydrogens is 406 g/mol. The maximum Gasteiger partial charge on any atom is 0.282 e. The first-order valence-electron chi connectivity index (χ1n) is 9.95. The van der Waals surface area contributed by atoms with E-state index in [4.69, 9.17) is 0 Å². The monoisotopic (exact) mass is 427 g/mol. The van der Waals surface area contributed by atoms with Crippen LogP contribution in [0.25, 0.3) is 6.08 Å². The Balaban J connectivity index is 1.74. The molecule has 0 spiro atoms. The van der Waals surface area contributed by atoms with Crippen molar-refractivity contribution in [3.63, 3.8) is 0 Å². The average Bonchev–Trinajstić information content (AvgIpc) is 3.12. The molecule has 4 rings (SSSR count). The van der Waals surface area contributed by atoms with E-state index in [0.717, 1.165) is 16.0 Å². The molecule has 1 N–H and O–H groups in total. The number of nitrogens with one attached hydrogen (secondary N) is 1. The number of hydrogen-bond acceptors (Lipinski definition) is 4. The molecule has 0 atom stereocenters. The highest BCUT2D eigenvalue weighted by Crippen LogP contribution is 2.29. The fourth-order valence-electron chi connectivity index (χ4n) is 3.24. The van der Waals surface area contributed by atoms with Gasteiger partial charge < -0.3 is 5.32 Å². The number of hydrogen-bond donors (Lipinski definition) is 2. The smallest absolute Gasteiger partial charge is 0.282 e. The zero-order valence-electron chi connectivity index (χ0n) is 16.9. The lowest BCUT2D eigenvalue weighted by Crippen LogP contribution is -2.32. The Hall–Kier alpha value is -3.64. The van der Waals surface area contributed by atoms with Gasteiger partial charge in [-0.2, -0.15) is 0 Å². The highest BCUT2D eigenvalue weighted by atomic mass is 32.1. The van der Waals surface area contributed by atoms with Crippen LogP contribution in [0.15, 0.2) is 94.4 Å². The van der Waals surface area contributed by atoms with E-state index in [-0.39, 0.29) is 11.8 Å². The molecule has 6 heteroatoms. The lowest BCUT2D eigenvalue weighted by atomic mass is 10.1. The predicted molar refractivity (Wildman–Crippen MR) is 127 cm³/mol. The zero-order valence-corrected chi connectivity index (χ0v) is 17.8. The minimum absolute atomic E-state index is 0.0628. The van der Waals surface area contributed by atoms with Crippen LogP contribution in [0.1, 0.15) is 24.5 Å². The molecule has 2 amide bonds. The minimum atomic E-state index is -0.221. The second-order valence-electron chi connectivity index (χ2n) is 6.98. The van der Waals surface area contributed by atoms with Gasteiger partial charge >= 0.3 is 0 Å². The summed E-state index contributed by atoms with van der Waals surface area (Å²) in [5.41, 5.74) is 3.35. The van der Waals surface area contributed by atoms with Crippen molar-refractivity contribution in [2.24, 2.45) is 4.99 Å². The molecule has 154 valence electrons. The second-order valence-corrected chi connectivity index (χ2v) is 7.46. The van der Waals surface area contributed by atoms with Crippen molar-refractivity contribution in [3.8, 4) is 0 Å². The number of carbonyl (C=O) groups is 2. The number of aliphatic imine (C=N–C) groups is 1. The van der Waals surface area contributed by atoms with E-state index in [1.165, 1.54) is 0 Å². The number of anilines is 2. The van der Waals surface area contributed by atoms with E-state index in [2.05, 4.69) is 22.9 Å². The molecule has 3 aromatic carbocycles. The van der Waals surface area contributed by atoms with Gasteiger partial charge in [0.25, 0.3) is 5.91 Å². The van der Waals surface area contributed by atoms with Gasteiger partial charge in [-0.15, -0.1) is 12.6 Å². The Kier molecular flexibility index (Phi) is 6.00. The summed E-state index contributed by atoms with van der Waals surface area (Å²) >= 11 is 4.48. The molecule has 5 nitrogen and oxygen atoms in total. The van der Waals surface area contributed by atoms with Crippen LogP contribution in [0, 0.1) is 0 Å². The standard InChI is InChI=1S/C25H21N3O2S/c1-2-23(29)26-19-12-14-20(15-13-19)28-24(17-8-4-3-5-9-17)27-21(25(28)30)16-18-10-6-7-11-22(18)31/h3-16,31H,2H2,1H3,(H,26,29)/b21-16-. The molecule has 0 radical (unpaired) electrons. The van der Waals surface area contributed by atoms with Gasteiger partial charge in [-0.1, -0.05) is 55.5 Å². The van der Waals surface area contributed by atoms with Gasteiger partial charge in [-0.05, 0) is 42.0 Å². The Morgan fingerprint density at radius 1 is 1.00 bits per heavy atom. The van der Waals surface area contributed by atoms with E-state index < -0.39 is 0 Å². The normalized spacial score (nSPS) is 14.6. The van der Waals surface area contributed by atoms with E-state index >= 15 is 0 Å². The van der Waals surface area contributed by atoms with Gasteiger partial charge in [0, 0.05) is 22.6 Å². The summed E-state index contributed by atoms with van der Waals surface area (Å²) in [5, 5.41) is 2.82. The minimum Gasteiger partial charge on any atom is -0.326 e. The largest absolute Gasteiger partial charge is 0.326 e. The summed E-state index contributed by atoms with van der Waals surface area (Å²) in [5.74, 6) is 0.270. The highest BCUT2D eigenvalue weighted by molar-refractivity contribution is 7.80. The molecular formula is C25H21N3O2S. The van der Waals surface area contributed by atoms with Crippen molar-refractivity contribution >= 4 is 47.7 Å². The van der Waals surface area contributed by atoms with Gasteiger partial charge in [-0.25, -0.2) is 4.99 Å². The highest BCUT2D eigenvalue weighted by Gasteiger charge is 2.32. The SMILES string of the molecule is CCC(=O)Nc1ccc(N2C(=O)/C(=C/c3ccccc3S)N=C2c2ccccc2)cc1. The topological polar surface area (TPSA) is 61.8 Å². The Morgan fingerprint density at radius 2 is 1.68 bits per heavy atom. The Bertz CT molecular complexity index is 1180. The maximum absolute atomic E-state index is 13.4. The average molecular weight is 428 g/mol. The number of rotatable bonds is 5. The summed E-state index contributed by atoms with van der Waals surface area (Å²) in [6.45, 7) is 1.80.